The highest BCUT2D eigenvalue weighted by molar-refractivity contribution is 7.13. The fraction of sp³-hybridized carbons (Fsp3) is 0.500. The molecule has 2 aromatic rings. The zero-order valence-electron chi connectivity index (χ0n) is 13.4. The van der Waals surface area contributed by atoms with Gasteiger partial charge in [-0.1, -0.05) is 0 Å². The van der Waals surface area contributed by atoms with Crippen LogP contribution in [0.25, 0.3) is 10.6 Å². The van der Waals surface area contributed by atoms with Crippen LogP contribution in [0.5, 0.6) is 5.88 Å². The lowest BCUT2D eigenvalue weighted by Gasteiger charge is -2.29. The number of benzene rings is 1. The third kappa shape index (κ3) is 3.11. The predicted molar refractivity (Wildman–Crippen MR) is 91.8 cm³/mol. The third-order valence-electron chi connectivity index (χ3n) is 4.76. The largest absolute Gasteiger partial charge is 0.474 e. The number of hydrogen-bond donors (Lipinski definition) is 0. The van der Waals surface area contributed by atoms with Gasteiger partial charge in [0.1, 0.15) is 28.4 Å². The van der Waals surface area contributed by atoms with E-state index in [0.29, 0.717) is 29.5 Å². The highest BCUT2D eigenvalue weighted by atomic mass is 32.1. The van der Waals surface area contributed by atoms with Crippen molar-refractivity contribution in [3.8, 4) is 16.5 Å². The summed E-state index contributed by atoms with van der Waals surface area (Å²) in [6.45, 7) is 1.42. The van der Waals surface area contributed by atoms with Gasteiger partial charge in [-0.25, -0.2) is 13.8 Å². The average Bonchev–Trinajstić information content (AvgIpc) is 3.00. The molecule has 6 heteroatoms. The number of piperidine rings is 1. The van der Waals surface area contributed by atoms with E-state index in [-0.39, 0.29) is 11.8 Å². The van der Waals surface area contributed by atoms with Crippen molar-refractivity contribution in [2.75, 3.05) is 18.0 Å². The van der Waals surface area contributed by atoms with Crippen LogP contribution in [0, 0.1) is 11.6 Å². The van der Waals surface area contributed by atoms with Crippen molar-refractivity contribution in [1.29, 1.82) is 0 Å². The van der Waals surface area contributed by atoms with Gasteiger partial charge in [-0.05, 0) is 50.7 Å². The van der Waals surface area contributed by atoms with E-state index in [1.165, 1.54) is 29.9 Å². The van der Waals surface area contributed by atoms with Gasteiger partial charge in [0, 0.05) is 18.7 Å². The van der Waals surface area contributed by atoms with E-state index in [1.807, 2.05) is 10.3 Å². The molecule has 1 aliphatic carbocycles. The Morgan fingerprint density at radius 3 is 2.38 bits per heavy atom. The Morgan fingerprint density at radius 2 is 1.75 bits per heavy atom. The summed E-state index contributed by atoms with van der Waals surface area (Å²) >= 11 is 1.36. The van der Waals surface area contributed by atoms with Crippen LogP contribution in [0.3, 0.4) is 0 Å². The molecule has 0 amide bonds. The Labute approximate surface area is 144 Å². The molecule has 1 aliphatic heterocycles. The van der Waals surface area contributed by atoms with Crippen molar-refractivity contribution in [1.82, 2.24) is 4.98 Å². The fourth-order valence-electron chi connectivity index (χ4n) is 3.21. The van der Waals surface area contributed by atoms with Gasteiger partial charge in [-0.15, -0.1) is 11.3 Å². The van der Waals surface area contributed by atoms with Crippen LogP contribution in [0.4, 0.5) is 14.5 Å². The summed E-state index contributed by atoms with van der Waals surface area (Å²) in [7, 11) is 0. The number of nitrogens with zero attached hydrogens (tertiary/aromatic N) is 2. The maximum absolute atomic E-state index is 14.5. The summed E-state index contributed by atoms with van der Waals surface area (Å²) < 4.78 is 34.8. The minimum absolute atomic E-state index is 0.0981. The molecule has 4 rings (SSSR count). The van der Waals surface area contributed by atoms with E-state index in [9.17, 15) is 8.78 Å². The van der Waals surface area contributed by atoms with Crippen molar-refractivity contribution >= 4 is 17.0 Å². The molecule has 0 unspecified atom stereocenters. The van der Waals surface area contributed by atoms with Gasteiger partial charge in [0.25, 0.3) is 0 Å². The van der Waals surface area contributed by atoms with Gasteiger partial charge in [-0.3, -0.25) is 0 Å². The normalized spacial score (nSPS) is 18.5. The summed E-state index contributed by atoms with van der Waals surface area (Å²) in [5.74, 6) is -0.465. The maximum atomic E-state index is 14.5. The van der Waals surface area contributed by atoms with Crippen molar-refractivity contribution in [2.24, 2.45) is 0 Å². The predicted octanol–water partition coefficient (Wildman–Crippen LogP) is 5.01. The van der Waals surface area contributed by atoms with E-state index in [0.717, 1.165) is 32.1 Å². The Bertz CT molecular complexity index is 701. The maximum Gasteiger partial charge on any atom is 0.225 e. The molecule has 2 heterocycles. The standard InChI is InChI=1S/C18H20F2N2OS/c19-14-9-12(10-15(20)17(14)22-7-2-1-3-8-22)18-21-16(11-24-18)23-13-5-4-6-13/h9-11,13H,1-8H2. The Hall–Kier alpha value is -1.69. The number of halogens is 2. The van der Waals surface area contributed by atoms with Crippen LogP contribution in [0.2, 0.25) is 0 Å². The quantitative estimate of drug-likeness (QED) is 0.775. The minimum atomic E-state index is -0.511. The summed E-state index contributed by atoms with van der Waals surface area (Å²) in [4.78, 5) is 6.19. The smallest absolute Gasteiger partial charge is 0.225 e. The van der Waals surface area contributed by atoms with Crippen LogP contribution >= 0.6 is 11.3 Å². The molecule has 1 aromatic heterocycles. The van der Waals surface area contributed by atoms with E-state index in [2.05, 4.69) is 4.98 Å². The van der Waals surface area contributed by atoms with Gasteiger partial charge in [0.2, 0.25) is 5.88 Å². The lowest BCUT2D eigenvalue weighted by molar-refractivity contribution is 0.115. The Balaban J connectivity index is 1.57. The van der Waals surface area contributed by atoms with E-state index in [4.69, 9.17) is 4.74 Å². The van der Waals surface area contributed by atoms with Crippen LogP contribution < -0.4 is 9.64 Å². The van der Waals surface area contributed by atoms with Crippen molar-refractivity contribution in [3.05, 3.63) is 29.1 Å². The molecule has 0 radical (unpaired) electrons. The molecule has 2 fully saturated rings. The van der Waals surface area contributed by atoms with Crippen LogP contribution in [0.15, 0.2) is 17.5 Å². The summed E-state index contributed by atoms with van der Waals surface area (Å²) in [6, 6.07) is 2.78. The summed E-state index contributed by atoms with van der Waals surface area (Å²) in [5, 5.41) is 2.40. The van der Waals surface area contributed by atoms with Gasteiger partial charge in [0.05, 0.1) is 5.38 Å². The number of aromatic nitrogens is 1. The first-order chi connectivity index (χ1) is 11.7. The van der Waals surface area contributed by atoms with Gasteiger partial charge in [0.15, 0.2) is 0 Å². The molecule has 24 heavy (non-hydrogen) atoms. The average molecular weight is 350 g/mol. The molecule has 0 bridgehead atoms. The molecule has 128 valence electrons. The van der Waals surface area contributed by atoms with E-state index in [1.54, 1.807) is 0 Å². The second-order valence-electron chi connectivity index (χ2n) is 6.50. The molecule has 1 saturated heterocycles. The van der Waals surface area contributed by atoms with Crippen LogP contribution in [-0.4, -0.2) is 24.2 Å². The van der Waals surface area contributed by atoms with Crippen LogP contribution in [-0.2, 0) is 0 Å². The monoisotopic (exact) mass is 350 g/mol. The lowest BCUT2D eigenvalue weighted by atomic mass is 9.96. The summed E-state index contributed by atoms with van der Waals surface area (Å²) in [6.07, 6.45) is 6.64. The second-order valence-corrected chi connectivity index (χ2v) is 7.36. The highest BCUT2D eigenvalue weighted by Crippen LogP contribution is 2.34. The zero-order chi connectivity index (χ0) is 16.5. The second kappa shape index (κ2) is 6.67. The topological polar surface area (TPSA) is 25.4 Å². The summed E-state index contributed by atoms with van der Waals surface area (Å²) in [5.41, 5.74) is 0.570. The number of ether oxygens (including phenoxy) is 1. The highest BCUT2D eigenvalue weighted by Gasteiger charge is 2.22. The van der Waals surface area contributed by atoms with Crippen molar-refractivity contribution < 1.29 is 13.5 Å². The van der Waals surface area contributed by atoms with Crippen molar-refractivity contribution in [2.45, 2.75) is 44.6 Å². The van der Waals surface area contributed by atoms with Gasteiger partial charge in [-0.2, -0.15) is 0 Å². The first kappa shape index (κ1) is 15.8. The van der Waals surface area contributed by atoms with Gasteiger partial charge < -0.3 is 9.64 Å². The molecular formula is C18H20F2N2OS. The molecule has 3 nitrogen and oxygen atoms in total. The number of hydrogen-bond acceptors (Lipinski definition) is 4. The molecule has 2 aliphatic rings. The zero-order valence-corrected chi connectivity index (χ0v) is 14.2. The lowest BCUT2D eigenvalue weighted by Crippen LogP contribution is -2.31. The van der Waals surface area contributed by atoms with E-state index >= 15 is 0 Å². The molecule has 1 saturated carbocycles. The molecule has 1 aromatic carbocycles. The van der Waals surface area contributed by atoms with Crippen LogP contribution in [0.1, 0.15) is 38.5 Å². The molecule has 0 spiro atoms. The number of thiazole rings is 1. The number of rotatable bonds is 4. The van der Waals surface area contributed by atoms with E-state index < -0.39 is 11.6 Å². The SMILES string of the molecule is Fc1cc(-c2nc(OC3CCC3)cs2)cc(F)c1N1CCCCC1. The molecule has 0 atom stereocenters. The minimum Gasteiger partial charge on any atom is -0.474 e. The molecule has 0 N–H and O–H groups in total. The Morgan fingerprint density at radius 1 is 1.04 bits per heavy atom. The third-order valence-corrected chi connectivity index (χ3v) is 5.63. The fourth-order valence-corrected chi connectivity index (χ4v) is 3.93. The van der Waals surface area contributed by atoms with Gasteiger partial charge >= 0.3 is 0 Å². The Kier molecular flexibility index (Phi) is 4.39. The first-order valence-electron chi connectivity index (χ1n) is 8.57. The number of anilines is 1. The molecular weight excluding hydrogens is 330 g/mol. The first-order valence-corrected chi connectivity index (χ1v) is 9.45. The van der Waals surface area contributed by atoms with Crippen molar-refractivity contribution in [3.63, 3.8) is 0 Å².